The van der Waals surface area contributed by atoms with Crippen molar-refractivity contribution in [2.24, 2.45) is 0 Å². The minimum Gasteiger partial charge on any atom is -0.465 e. The predicted octanol–water partition coefficient (Wildman–Crippen LogP) is 3.23. The normalized spacial score (nSPS) is 12.2. The van der Waals surface area contributed by atoms with Crippen molar-refractivity contribution >= 4 is 37.3 Å². The van der Waals surface area contributed by atoms with Gasteiger partial charge in [0.15, 0.2) is 0 Å². The monoisotopic (exact) mass is 349 g/mol. The fourth-order valence-electron chi connectivity index (χ4n) is 1.46. The summed E-state index contributed by atoms with van der Waals surface area (Å²) in [4.78, 5) is 0. The van der Waals surface area contributed by atoms with E-state index in [1.165, 1.54) is 15.6 Å². The Hall–Kier alpha value is -0.630. The van der Waals surface area contributed by atoms with Crippen LogP contribution >= 0.6 is 27.3 Å². The lowest BCUT2D eigenvalue weighted by Gasteiger charge is -2.14. The highest BCUT2D eigenvalue weighted by Crippen LogP contribution is 2.28. The highest BCUT2D eigenvalue weighted by Gasteiger charge is 2.23. The molecule has 0 aromatic carbocycles. The van der Waals surface area contributed by atoms with E-state index in [-0.39, 0.29) is 6.54 Å². The molecule has 0 saturated carbocycles. The van der Waals surface area contributed by atoms with Crippen LogP contribution in [0, 0.1) is 6.92 Å². The lowest BCUT2D eigenvalue weighted by Crippen LogP contribution is -2.25. The van der Waals surface area contributed by atoms with Crippen LogP contribution in [0.4, 0.5) is 0 Å². The SMILES string of the molecule is Cc1ccc(CN(C)S(=O)(=O)c2ccc(Br)s2)o1. The van der Waals surface area contributed by atoms with Gasteiger partial charge in [-0.3, -0.25) is 0 Å². The molecule has 0 atom stereocenters. The van der Waals surface area contributed by atoms with Crippen molar-refractivity contribution < 1.29 is 12.8 Å². The van der Waals surface area contributed by atoms with Crippen molar-refractivity contribution in [3.63, 3.8) is 0 Å². The molecule has 0 fully saturated rings. The van der Waals surface area contributed by atoms with E-state index < -0.39 is 10.0 Å². The molecule has 0 N–H and O–H groups in total. The molecule has 4 nitrogen and oxygen atoms in total. The Labute approximate surface area is 118 Å². The van der Waals surface area contributed by atoms with Crippen LogP contribution < -0.4 is 0 Å². The number of hydrogen-bond donors (Lipinski definition) is 0. The molecule has 7 heteroatoms. The van der Waals surface area contributed by atoms with Gasteiger partial charge >= 0.3 is 0 Å². The van der Waals surface area contributed by atoms with Crippen molar-refractivity contribution in [3.8, 4) is 0 Å². The molecular weight excluding hydrogens is 338 g/mol. The standard InChI is InChI=1S/C11H12BrNO3S2/c1-8-3-4-9(16-8)7-13(2)18(14,15)11-6-5-10(12)17-11/h3-6H,7H2,1-2H3. The minimum atomic E-state index is -3.45. The van der Waals surface area contributed by atoms with Gasteiger partial charge in [0.05, 0.1) is 10.3 Å². The van der Waals surface area contributed by atoms with Gasteiger partial charge in [-0.05, 0) is 47.1 Å². The zero-order valence-corrected chi connectivity index (χ0v) is 13.1. The third kappa shape index (κ3) is 2.85. The molecule has 0 aliphatic carbocycles. The number of nitrogens with zero attached hydrogens (tertiary/aromatic N) is 1. The zero-order chi connectivity index (χ0) is 13.3. The Balaban J connectivity index is 2.20. The molecule has 18 heavy (non-hydrogen) atoms. The van der Waals surface area contributed by atoms with Crippen molar-refractivity contribution in [1.82, 2.24) is 4.31 Å². The maximum atomic E-state index is 12.2. The van der Waals surface area contributed by atoms with Crippen LogP contribution in [0.2, 0.25) is 0 Å². The molecular formula is C11H12BrNO3S2. The first-order valence-electron chi connectivity index (χ1n) is 5.16. The van der Waals surface area contributed by atoms with E-state index in [4.69, 9.17) is 4.42 Å². The molecule has 2 aromatic rings. The summed E-state index contributed by atoms with van der Waals surface area (Å²) < 4.78 is 32.2. The van der Waals surface area contributed by atoms with Gasteiger partial charge in [-0.15, -0.1) is 11.3 Å². The molecule has 2 heterocycles. The summed E-state index contributed by atoms with van der Waals surface area (Å²) in [6.07, 6.45) is 0. The third-order valence-electron chi connectivity index (χ3n) is 2.39. The summed E-state index contributed by atoms with van der Waals surface area (Å²) >= 11 is 4.46. The van der Waals surface area contributed by atoms with E-state index in [0.29, 0.717) is 9.97 Å². The molecule has 0 unspecified atom stereocenters. The van der Waals surface area contributed by atoms with Gasteiger partial charge in [-0.1, -0.05) is 0 Å². The lowest BCUT2D eigenvalue weighted by molar-refractivity contribution is 0.398. The Morgan fingerprint density at radius 3 is 2.56 bits per heavy atom. The van der Waals surface area contributed by atoms with E-state index in [1.54, 1.807) is 25.2 Å². The summed E-state index contributed by atoms with van der Waals surface area (Å²) in [5, 5.41) is 0. The number of thiophene rings is 1. The van der Waals surface area contributed by atoms with Crippen molar-refractivity contribution in [3.05, 3.63) is 39.6 Å². The average molecular weight is 350 g/mol. The van der Waals surface area contributed by atoms with Gasteiger partial charge in [0.25, 0.3) is 10.0 Å². The molecule has 98 valence electrons. The summed E-state index contributed by atoms with van der Waals surface area (Å²) in [6, 6.07) is 6.92. The molecule has 2 rings (SSSR count). The highest BCUT2D eigenvalue weighted by molar-refractivity contribution is 9.11. The zero-order valence-electron chi connectivity index (χ0n) is 9.88. The molecule has 0 aliphatic heterocycles. The second kappa shape index (κ2) is 5.16. The van der Waals surface area contributed by atoms with Crippen LogP contribution in [0.3, 0.4) is 0 Å². The molecule has 0 bridgehead atoms. The molecule has 0 saturated heterocycles. The van der Waals surface area contributed by atoms with E-state index in [9.17, 15) is 8.42 Å². The number of furan rings is 1. The second-order valence-electron chi connectivity index (χ2n) is 3.83. The Morgan fingerprint density at radius 2 is 2.06 bits per heavy atom. The van der Waals surface area contributed by atoms with E-state index in [0.717, 1.165) is 9.55 Å². The second-order valence-corrected chi connectivity index (χ2v) is 8.57. The first kappa shape index (κ1) is 13.8. The van der Waals surface area contributed by atoms with Crippen LogP contribution in [0.1, 0.15) is 11.5 Å². The van der Waals surface area contributed by atoms with Gasteiger partial charge in [-0.25, -0.2) is 8.42 Å². The number of rotatable bonds is 4. The highest BCUT2D eigenvalue weighted by atomic mass is 79.9. The molecule has 0 aliphatic rings. The maximum Gasteiger partial charge on any atom is 0.252 e. The van der Waals surface area contributed by atoms with Gasteiger partial charge in [-0.2, -0.15) is 4.31 Å². The Kier molecular flexibility index (Phi) is 3.96. The fraction of sp³-hybridized carbons (Fsp3) is 0.273. The van der Waals surface area contributed by atoms with Gasteiger partial charge in [0.1, 0.15) is 15.7 Å². The summed E-state index contributed by atoms with van der Waals surface area (Å²) in [7, 11) is -1.90. The summed E-state index contributed by atoms with van der Waals surface area (Å²) in [6.45, 7) is 2.06. The van der Waals surface area contributed by atoms with Crippen LogP contribution in [0.25, 0.3) is 0 Å². The van der Waals surface area contributed by atoms with Crippen molar-refractivity contribution in [2.45, 2.75) is 17.7 Å². The number of halogens is 1. The number of aryl methyl sites for hydroxylation is 1. The van der Waals surface area contributed by atoms with Crippen LogP contribution in [-0.2, 0) is 16.6 Å². The van der Waals surface area contributed by atoms with Crippen LogP contribution in [0.15, 0.2) is 36.7 Å². The molecule has 0 amide bonds. The first-order valence-corrected chi connectivity index (χ1v) is 8.21. The average Bonchev–Trinajstić information content (AvgIpc) is 2.88. The maximum absolute atomic E-state index is 12.2. The molecule has 2 aromatic heterocycles. The van der Waals surface area contributed by atoms with Crippen LogP contribution in [0.5, 0.6) is 0 Å². The van der Waals surface area contributed by atoms with Gasteiger partial charge in [0.2, 0.25) is 0 Å². The minimum absolute atomic E-state index is 0.228. The lowest BCUT2D eigenvalue weighted by atomic mass is 10.4. The quantitative estimate of drug-likeness (QED) is 0.851. The summed E-state index contributed by atoms with van der Waals surface area (Å²) in [5.41, 5.74) is 0. The molecule has 0 radical (unpaired) electrons. The first-order chi connectivity index (χ1) is 8.39. The third-order valence-corrected chi connectivity index (χ3v) is 6.28. The summed E-state index contributed by atoms with van der Waals surface area (Å²) in [5.74, 6) is 1.41. The Bertz CT molecular complexity index is 645. The fourth-order valence-corrected chi connectivity index (χ4v) is 4.82. The van der Waals surface area contributed by atoms with Crippen LogP contribution in [-0.4, -0.2) is 19.8 Å². The van der Waals surface area contributed by atoms with E-state index in [2.05, 4.69) is 15.9 Å². The van der Waals surface area contributed by atoms with Crippen molar-refractivity contribution in [1.29, 1.82) is 0 Å². The topological polar surface area (TPSA) is 50.5 Å². The smallest absolute Gasteiger partial charge is 0.252 e. The van der Waals surface area contributed by atoms with E-state index >= 15 is 0 Å². The van der Waals surface area contributed by atoms with Gasteiger partial charge in [0, 0.05) is 7.05 Å². The Morgan fingerprint density at radius 1 is 1.33 bits per heavy atom. The largest absolute Gasteiger partial charge is 0.465 e. The number of hydrogen-bond acceptors (Lipinski definition) is 4. The van der Waals surface area contributed by atoms with Crippen molar-refractivity contribution in [2.75, 3.05) is 7.05 Å². The number of sulfonamides is 1. The van der Waals surface area contributed by atoms with Gasteiger partial charge < -0.3 is 4.42 Å². The van der Waals surface area contributed by atoms with E-state index in [1.807, 2.05) is 13.0 Å². The molecule has 0 spiro atoms. The predicted molar refractivity (Wildman–Crippen MR) is 74.1 cm³/mol.